The van der Waals surface area contributed by atoms with Gasteiger partial charge in [-0.15, -0.1) is 6.42 Å². The molecule has 0 amide bonds. The number of alkyl halides is 1. The third-order valence-electron chi connectivity index (χ3n) is 3.08. The number of hydrogen-bond acceptors (Lipinski definition) is 7. The highest BCUT2D eigenvalue weighted by Crippen LogP contribution is 2.43. The number of aromatic nitrogens is 3. The summed E-state index contributed by atoms with van der Waals surface area (Å²) < 4.78 is 6.34. The Labute approximate surface area is 119 Å². The monoisotopic (exact) mass is 300 g/mol. The number of rotatable bonds is 2. The van der Waals surface area contributed by atoms with Crippen molar-refractivity contribution < 1.29 is 14.9 Å². The molecule has 0 spiro atoms. The Morgan fingerprint density at radius 3 is 2.90 bits per heavy atom. The number of aliphatic hydroxyl groups excluding tert-OH is 2. The van der Waals surface area contributed by atoms with E-state index in [4.69, 9.17) is 28.5 Å². The van der Waals surface area contributed by atoms with E-state index < -0.39 is 35.1 Å². The van der Waals surface area contributed by atoms with Gasteiger partial charge in [0.2, 0.25) is 5.95 Å². The highest BCUT2D eigenvalue weighted by atomic mass is 35.5. The fraction of sp³-hybridized carbons (Fsp3) is 0.545. The van der Waals surface area contributed by atoms with Gasteiger partial charge in [-0.25, -0.2) is 9.78 Å². The second kappa shape index (κ2) is 5.03. The van der Waals surface area contributed by atoms with Crippen molar-refractivity contribution in [1.29, 1.82) is 0 Å². The molecule has 1 aromatic heterocycles. The van der Waals surface area contributed by atoms with E-state index in [1.54, 1.807) is 0 Å². The Hall–Kier alpha value is -1.66. The van der Waals surface area contributed by atoms with Crippen LogP contribution in [-0.4, -0.2) is 47.9 Å². The van der Waals surface area contributed by atoms with E-state index in [-0.39, 0.29) is 5.95 Å². The summed E-state index contributed by atoms with van der Waals surface area (Å²) >= 11 is 6.19. The van der Waals surface area contributed by atoms with Crippen molar-refractivity contribution in [2.45, 2.75) is 36.3 Å². The molecule has 1 aliphatic rings. The largest absolute Gasteiger partial charge is 0.391 e. The maximum Gasteiger partial charge on any atom is 0.354 e. The van der Waals surface area contributed by atoms with Crippen LogP contribution in [0.15, 0.2) is 11.1 Å². The minimum atomic E-state index is -1.73. The van der Waals surface area contributed by atoms with E-state index in [1.807, 2.05) is 0 Å². The first-order valence-corrected chi connectivity index (χ1v) is 6.08. The van der Waals surface area contributed by atoms with Crippen molar-refractivity contribution in [1.82, 2.24) is 14.5 Å². The molecule has 1 fully saturated rings. The van der Waals surface area contributed by atoms with Crippen molar-refractivity contribution in [3.05, 3.63) is 16.8 Å². The van der Waals surface area contributed by atoms with Crippen LogP contribution in [-0.2, 0) is 4.74 Å². The van der Waals surface area contributed by atoms with Gasteiger partial charge in [-0.05, 0) is 6.92 Å². The van der Waals surface area contributed by atoms with Gasteiger partial charge in [0.25, 0.3) is 0 Å². The first kappa shape index (κ1) is 14.7. The van der Waals surface area contributed by atoms with Crippen molar-refractivity contribution >= 4 is 17.5 Å². The van der Waals surface area contributed by atoms with Crippen molar-refractivity contribution in [2.75, 3.05) is 5.73 Å². The van der Waals surface area contributed by atoms with Gasteiger partial charge in [-0.1, -0.05) is 17.5 Å². The summed E-state index contributed by atoms with van der Waals surface area (Å²) in [5.74, 6) is 1.99. The van der Waals surface area contributed by atoms with E-state index in [2.05, 4.69) is 15.9 Å². The Morgan fingerprint density at radius 1 is 1.75 bits per heavy atom. The first-order chi connectivity index (χ1) is 9.31. The molecular weight excluding hydrogens is 288 g/mol. The molecule has 1 aromatic rings. The molecule has 0 bridgehead atoms. The quantitative estimate of drug-likeness (QED) is 0.447. The number of hydrogen-bond donors (Lipinski definition) is 3. The van der Waals surface area contributed by atoms with Gasteiger partial charge < -0.3 is 20.7 Å². The normalized spacial score (nSPS) is 34.6. The average Bonchev–Trinajstić information content (AvgIpc) is 2.64. The first-order valence-electron chi connectivity index (χ1n) is 5.70. The van der Waals surface area contributed by atoms with Gasteiger partial charge >= 0.3 is 5.69 Å². The lowest BCUT2D eigenvalue weighted by Crippen LogP contribution is -2.44. The number of nitrogen functional groups attached to an aromatic ring is 1. The average molecular weight is 301 g/mol. The number of ether oxygens (including phenoxy) is 1. The fourth-order valence-electron chi connectivity index (χ4n) is 2.03. The highest BCUT2D eigenvalue weighted by Gasteiger charge is 2.57. The second-order valence-corrected chi connectivity index (χ2v) is 5.08. The summed E-state index contributed by atoms with van der Waals surface area (Å²) in [5.41, 5.74) is 4.51. The molecule has 4 N–H and O–H groups in total. The van der Waals surface area contributed by atoms with E-state index in [9.17, 15) is 15.0 Å². The minimum Gasteiger partial charge on any atom is -0.391 e. The Bertz CT molecular complexity index is 613. The molecule has 0 aromatic carbocycles. The summed E-state index contributed by atoms with van der Waals surface area (Å²) in [7, 11) is 0. The fourth-order valence-corrected chi connectivity index (χ4v) is 2.31. The molecule has 1 saturated heterocycles. The molecule has 0 radical (unpaired) electrons. The molecule has 8 nitrogen and oxygen atoms in total. The molecule has 2 heterocycles. The van der Waals surface area contributed by atoms with E-state index in [0.717, 1.165) is 10.9 Å². The highest BCUT2D eigenvalue weighted by molar-refractivity contribution is 6.27. The van der Waals surface area contributed by atoms with Crippen LogP contribution in [0.5, 0.6) is 0 Å². The van der Waals surface area contributed by atoms with Gasteiger partial charge in [0.1, 0.15) is 18.5 Å². The van der Waals surface area contributed by atoms with Crippen LogP contribution in [0.2, 0.25) is 0 Å². The summed E-state index contributed by atoms with van der Waals surface area (Å²) in [6.45, 7) is 1.41. The van der Waals surface area contributed by atoms with Gasteiger partial charge in [-0.2, -0.15) is 4.98 Å². The number of nitrogens with zero attached hydrogens (tertiary/aromatic N) is 3. The van der Waals surface area contributed by atoms with Crippen LogP contribution < -0.4 is 11.4 Å². The van der Waals surface area contributed by atoms with Gasteiger partial charge in [-0.3, -0.25) is 4.57 Å². The maximum atomic E-state index is 11.8. The van der Waals surface area contributed by atoms with Crippen LogP contribution in [0.1, 0.15) is 13.2 Å². The number of aliphatic hydroxyl groups is 2. The molecule has 0 saturated carbocycles. The predicted octanol–water partition coefficient (Wildman–Crippen LogP) is -1.53. The van der Waals surface area contributed by atoms with Crippen LogP contribution in [0.4, 0.5) is 5.95 Å². The molecule has 0 aliphatic carbocycles. The molecule has 2 rings (SSSR count). The number of nitrogens with two attached hydrogens (primary N) is 1. The topological polar surface area (TPSA) is 123 Å². The van der Waals surface area contributed by atoms with Gasteiger partial charge in [0.15, 0.2) is 11.1 Å². The smallest absolute Gasteiger partial charge is 0.354 e. The second-order valence-electron chi connectivity index (χ2n) is 4.46. The zero-order valence-electron chi connectivity index (χ0n) is 10.5. The van der Waals surface area contributed by atoms with Gasteiger partial charge in [0.05, 0.1) is 6.10 Å². The summed E-state index contributed by atoms with van der Waals surface area (Å²) in [4.78, 5) is 17.2. The van der Waals surface area contributed by atoms with Crippen LogP contribution in [0.25, 0.3) is 0 Å². The predicted molar refractivity (Wildman–Crippen MR) is 69.7 cm³/mol. The van der Waals surface area contributed by atoms with Crippen LogP contribution >= 0.6 is 11.6 Å². The summed E-state index contributed by atoms with van der Waals surface area (Å²) in [5, 5.41) is 19.7. The van der Waals surface area contributed by atoms with Crippen LogP contribution in [0.3, 0.4) is 0 Å². The molecule has 108 valence electrons. The third kappa shape index (κ3) is 2.14. The molecular formula is C11H13ClN4O4. The molecule has 1 aliphatic heterocycles. The SMILES string of the molecule is C#CC1(Cl)[C@@H](O)[C@@H]([C@H](C)O)O[C@H]1n1cnc(N)nc1=O. The number of anilines is 1. The van der Waals surface area contributed by atoms with Crippen molar-refractivity contribution in [3.8, 4) is 12.3 Å². The number of halogens is 1. The van der Waals surface area contributed by atoms with Crippen molar-refractivity contribution in [2.24, 2.45) is 0 Å². The summed E-state index contributed by atoms with van der Waals surface area (Å²) in [6.07, 6.45) is 1.74. The maximum absolute atomic E-state index is 11.8. The van der Waals surface area contributed by atoms with E-state index >= 15 is 0 Å². The lowest BCUT2D eigenvalue weighted by molar-refractivity contribution is -0.0775. The Balaban J connectivity index is 2.50. The van der Waals surface area contributed by atoms with E-state index in [0.29, 0.717) is 0 Å². The zero-order valence-corrected chi connectivity index (χ0v) is 11.2. The molecule has 9 heteroatoms. The lowest BCUT2D eigenvalue weighted by atomic mass is 9.97. The Morgan fingerprint density at radius 2 is 2.40 bits per heavy atom. The van der Waals surface area contributed by atoms with Gasteiger partial charge in [0, 0.05) is 0 Å². The molecule has 20 heavy (non-hydrogen) atoms. The number of terminal acetylenes is 1. The standard InChI is InChI=1S/C11H13ClN4O4/c1-3-11(12)7(18)6(5(2)17)20-8(11)16-4-14-9(13)15-10(16)19/h1,4-8,17-18H,2H3,(H2,13,15,19)/t5-,6+,7-,8+,11?/m0/s1. The minimum absolute atomic E-state index is 0.210. The van der Waals surface area contributed by atoms with E-state index in [1.165, 1.54) is 6.92 Å². The van der Waals surface area contributed by atoms with Crippen molar-refractivity contribution in [3.63, 3.8) is 0 Å². The molecule has 1 unspecified atom stereocenters. The Kier molecular flexibility index (Phi) is 3.71. The zero-order chi connectivity index (χ0) is 15.1. The van der Waals surface area contributed by atoms with Crippen LogP contribution in [0, 0.1) is 12.3 Å². The molecule has 5 atom stereocenters. The summed E-state index contributed by atoms with van der Waals surface area (Å²) in [6, 6.07) is 0. The lowest BCUT2D eigenvalue weighted by Gasteiger charge is -2.25. The third-order valence-corrected chi connectivity index (χ3v) is 3.60.